The Kier molecular flexibility index (Phi) is 4.81. The maximum atomic E-state index is 12.0. The number of nitrogens with one attached hydrogen (secondary N) is 3. The zero-order chi connectivity index (χ0) is 13.8. The van der Waals surface area contributed by atoms with E-state index in [1.807, 2.05) is 0 Å². The van der Waals surface area contributed by atoms with E-state index in [-0.39, 0.29) is 6.03 Å². The first-order valence-electron chi connectivity index (χ1n) is 8.56. The molecular weight excluding hydrogens is 250 g/mol. The zero-order valence-corrected chi connectivity index (χ0v) is 12.5. The van der Waals surface area contributed by atoms with Crippen molar-refractivity contribution >= 4 is 6.03 Å². The highest BCUT2D eigenvalue weighted by molar-refractivity contribution is 5.74. The van der Waals surface area contributed by atoms with Crippen LogP contribution >= 0.6 is 0 Å². The number of piperidine rings is 1. The van der Waals surface area contributed by atoms with Crippen molar-refractivity contribution in [3.63, 3.8) is 0 Å². The number of rotatable bonds is 3. The molecule has 3 aliphatic rings. The van der Waals surface area contributed by atoms with E-state index in [1.54, 1.807) is 0 Å². The smallest absolute Gasteiger partial charge is 0.315 e. The molecule has 4 nitrogen and oxygen atoms in total. The second-order valence-electron chi connectivity index (χ2n) is 7.01. The highest BCUT2D eigenvalue weighted by Crippen LogP contribution is 2.41. The fourth-order valence-corrected chi connectivity index (χ4v) is 4.39. The van der Waals surface area contributed by atoms with Gasteiger partial charge in [-0.3, -0.25) is 0 Å². The molecule has 3 rings (SSSR count). The lowest BCUT2D eigenvalue weighted by Gasteiger charge is -2.32. The fraction of sp³-hybridized carbons (Fsp3) is 0.938. The number of urea groups is 1. The quantitative estimate of drug-likeness (QED) is 0.742. The van der Waals surface area contributed by atoms with Gasteiger partial charge in [-0.2, -0.15) is 0 Å². The molecule has 1 saturated heterocycles. The van der Waals surface area contributed by atoms with Gasteiger partial charge in [-0.05, 0) is 62.9 Å². The predicted octanol–water partition coefficient (Wildman–Crippen LogP) is 2.25. The van der Waals surface area contributed by atoms with Crippen molar-refractivity contribution in [1.29, 1.82) is 0 Å². The minimum absolute atomic E-state index is 0.0602. The molecule has 4 heteroatoms. The number of hydrogen-bond donors (Lipinski definition) is 3. The lowest BCUT2D eigenvalue weighted by atomic mass is 9.79. The highest BCUT2D eigenvalue weighted by Gasteiger charge is 2.34. The summed E-state index contributed by atoms with van der Waals surface area (Å²) in [6.07, 6.45) is 10.3. The van der Waals surface area contributed by atoms with Crippen molar-refractivity contribution in [1.82, 2.24) is 16.0 Å². The van der Waals surface area contributed by atoms with Crippen LogP contribution in [-0.2, 0) is 0 Å². The first-order chi connectivity index (χ1) is 9.81. The number of carbonyl (C=O) groups is 1. The number of hydrogen-bond acceptors (Lipinski definition) is 2. The molecule has 0 aromatic carbocycles. The highest BCUT2D eigenvalue weighted by atomic mass is 16.2. The van der Waals surface area contributed by atoms with Crippen molar-refractivity contribution in [2.75, 3.05) is 19.6 Å². The first-order valence-corrected chi connectivity index (χ1v) is 8.56. The van der Waals surface area contributed by atoms with E-state index in [9.17, 15) is 4.79 Å². The summed E-state index contributed by atoms with van der Waals surface area (Å²) in [5, 5.41) is 9.65. The van der Waals surface area contributed by atoms with Gasteiger partial charge in [0, 0.05) is 12.6 Å². The van der Waals surface area contributed by atoms with Crippen molar-refractivity contribution in [3.05, 3.63) is 0 Å². The average Bonchev–Trinajstić information content (AvgIpc) is 2.94. The van der Waals surface area contributed by atoms with Crippen LogP contribution in [0.2, 0.25) is 0 Å². The summed E-state index contributed by atoms with van der Waals surface area (Å²) in [4.78, 5) is 12.0. The maximum Gasteiger partial charge on any atom is 0.315 e. The molecule has 1 heterocycles. The number of carbonyl (C=O) groups excluding carboxylic acids is 1. The van der Waals surface area contributed by atoms with Crippen molar-refractivity contribution < 1.29 is 4.79 Å². The van der Waals surface area contributed by atoms with Gasteiger partial charge in [0.05, 0.1) is 0 Å². The van der Waals surface area contributed by atoms with Crippen LogP contribution in [0.3, 0.4) is 0 Å². The van der Waals surface area contributed by atoms with E-state index >= 15 is 0 Å². The summed E-state index contributed by atoms with van der Waals surface area (Å²) in [7, 11) is 0. The molecule has 1 aliphatic heterocycles. The standard InChI is InChI=1S/C16H29N3O/c20-16(18-11-12-6-8-17-9-7-12)19-15-5-4-13-2-1-3-14(13)10-15/h12-15,17H,1-11H2,(H2,18,19,20). The maximum absolute atomic E-state index is 12.0. The molecule has 20 heavy (non-hydrogen) atoms. The molecule has 0 aromatic rings. The van der Waals surface area contributed by atoms with Crippen LogP contribution in [0.4, 0.5) is 4.79 Å². The molecule has 3 N–H and O–H groups in total. The van der Waals surface area contributed by atoms with Crippen LogP contribution < -0.4 is 16.0 Å². The van der Waals surface area contributed by atoms with Crippen LogP contribution in [-0.4, -0.2) is 31.7 Å². The molecule has 0 radical (unpaired) electrons. The summed E-state index contributed by atoms with van der Waals surface area (Å²) >= 11 is 0. The summed E-state index contributed by atoms with van der Waals surface area (Å²) in [6.45, 7) is 3.03. The van der Waals surface area contributed by atoms with E-state index in [2.05, 4.69) is 16.0 Å². The SMILES string of the molecule is O=C(NCC1CCNCC1)NC1CCC2CCCC2C1. The van der Waals surface area contributed by atoms with Crippen molar-refractivity contribution in [2.24, 2.45) is 17.8 Å². The summed E-state index contributed by atoms with van der Waals surface area (Å²) in [5.41, 5.74) is 0. The lowest BCUT2D eigenvalue weighted by Crippen LogP contribution is -2.46. The molecule has 2 aliphatic carbocycles. The Balaban J connectivity index is 1.36. The normalized spacial score (nSPS) is 34.5. The second kappa shape index (κ2) is 6.79. The van der Waals surface area contributed by atoms with E-state index in [0.29, 0.717) is 12.0 Å². The lowest BCUT2D eigenvalue weighted by molar-refractivity contribution is 0.206. The van der Waals surface area contributed by atoms with Gasteiger partial charge in [0.25, 0.3) is 0 Å². The van der Waals surface area contributed by atoms with Crippen LogP contribution in [0, 0.1) is 17.8 Å². The summed E-state index contributed by atoms with van der Waals surface area (Å²) in [6, 6.07) is 0.479. The van der Waals surface area contributed by atoms with Crippen molar-refractivity contribution in [2.45, 2.75) is 57.4 Å². The Morgan fingerprint density at radius 2 is 1.80 bits per heavy atom. The van der Waals surface area contributed by atoms with Gasteiger partial charge in [0.1, 0.15) is 0 Å². The third kappa shape index (κ3) is 3.66. The van der Waals surface area contributed by atoms with Crippen molar-refractivity contribution in [3.8, 4) is 0 Å². The monoisotopic (exact) mass is 279 g/mol. The van der Waals surface area contributed by atoms with Gasteiger partial charge in [-0.15, -0.1) is 0 Å². The van der Waals surface area contributed by atoms with E-state index in [1.165, 1.54) is 51.4 Å². The molecule has 0 aromatic heterocycles. The second-order valence-corrected chi connectivity index (χ2v) is 7.01. The Hall–Kier alpha value is -0.770. The Morgan fingerprint density at radius 3 is 2.65 bits per heavy atom. The third-order valence-electron chi connectivity index (χ3n) is 5.63. The Labute approximate surface area is 122 Å². The van der Waals surface area contributed by atoms with E-state index < -0.39 is 0 Å². The molecular formula is C16H29N3O. The summed E-state index contributed by atoms with van der Waals surface area (Å²) in [5.74, 6) is 2.51. The molecule has 2 amide bonds. The third-order valence-corrected chi connectivity index (χ3v) is 5.63. The largest absolute Gasteiger partial charge is 0.338 e. The van der Waals surface area contributed by atoms with Gasteiger partial charge >= 0.3 is 6.03 Å². The fourth-order valence-electron chi connectivity index (χ4n) is 4.39. The minimum Gasteiger partial charge on any atom is -0.338 e. The van der Waals surface area contributed by atoms with Crippen LogP contribution in [0.1, 0.15) is 51.4 Å². The number of amides is 2. The van der Waals surface area contributed by atoms with Gasteiger partial charge in [-0.25, -0.2) is 4.79 Å². The Morgan fingerprint density at radius 1 is 1.00 bits per heavy atom. The first kappa shape index (κ1) is 14.2. The molecule has 3 atom stereocenters. The van der Waals surface area contributed by atoms with Gasteiger partial charge < -0.3 is 16.0 Å². The van der Waals surface area contributed by atoms with Gasteiger partial charge in [-0.1, -0.05) is 19.3 Å². The Bertz CT molecular complexity index is 328. The molecule has 0 spiro atoms. The minimum atomic E-state index is 0.0602. The molecule has 114 valence electrons. The summed E-state index contributed by atoms with van der Waals surface area (Å²) < 4.78 is 0. The molecule has 3 fully saturated rings. The molecule has 3 unspecified atom stereocenters. The topological polar surface area (TPSA) is 53.2 Å². The average molecular weight is 279 g/mol. The van der Waals surface area contributed by atoms with Gasteiger partial charge in [0.2, 0.25) is 0 Å². The van der Waals surface area contributed by atoms with E-state index in [4.69, 9.17) is 0 Å². The molecule has 0 bridgehead atoms. The predicted molar refractivity (Wildman–Crippen MR) is 80.6 cm³/mol. The number of fused-ring (bicyclic) bond motifs is 1. The van der Waals surface area contributed by atoms with Crippen LogP contribution in [0.15, 0.2) is 0 Å². The van der Waals surface area contributed by atoms with Crippen LogP contribution in [0.25, 0.3) is 0 Å². The zero-order valence-electron chi connectivity index (χ0n) is 12.5. The van der Waals surface area contributed by atoms with Gasteiger partial charge in [0.15, 0.2) is 0 Å². The van der Waals surface area contributed by atoms with Crippen LogP contribution in [0.5, 0.6) is 0 Å². The molecule has 2 saturated carbocycles. The van der Waals surface area contributed by atoms with E-state index in [0.717, 1.165) is 31.5 Å².